The Kier molecular flexibility index (Phi) is 4.63. The summed E-state index contributed by atoms with van der Waals surface area (Å²) in [5.74, 6) is 0.876. The van der Waals surface area contributed by atoms with E-state index >= 15 is 0 Å². The lowest BCUT2D eigenvalue weighted by Gasteiger charge is -2.12. The van der Waals surface area contributed by atoms with Crippen LogP contribution in [-0.4, -0.2) is 15.5 Å². The maximum absolute atomic E-state index is 12.0. The first-order valence-corrected chi connectivity index (χ1v) is 9.31. The minimum atomic E-state index is -0.0386. The van der Waals surface area contributed by atoms with Gasteiger partial charge in [0, 0.05) is 12.5 Å². The van der Waals surface area contributed by atoms with Gasteiger partial charge in [-0.3, -0.25) is 4.79 Å². The molecule has 0 fully saturated rings. The Labute approximate surface area is 158 Å². The van der Waals surface area contributed by atoms with Gasteiger partial charge in [0.15, 0.2) is 0 Å². The monoisotopic (exact) mass is 357 g/mol. The number of imidazole rings is 1. The highest BCUT2D eigenvalue weighted by Gasteiger charge is 2.13. The molecule has 4 nitrogen and oxygen atoms in total. The van der Waals surface area contributed by atoms with E-state index in [1.54, 1.807) is 0 Å². The van der Waals surface area contributed by atoms with E-state index in [2.05, 4.69) is 58.4 Å². The smallest absolute Gasteiger partial charge is 0.222 e. The number of amides is 1. The van der Waals surface area contributed by atoms with Crippen molar-refractivity contribution in [1.29, 1.82) is 0 Å². The van der Waals surface area contributed by atoms with Crippen LogP contribution >= 0.6 is 0 Å². The van der Waals surface area contributed by atoms with Crippen molar-refractivity contribution in [2.75, 3.05) is 0 Å². The van der Waals surface area contributed by atoms with Crippen LogP contribution < -0.4 is 5.32 Å². The zero-order valence-corrected chi connectivity index (χ0v) is 15.6. The zero-order chi connectivity index (χ0) is 18.8. The van der Waals surface area contributed by atoms with Gasteiger partial charge in [0.2, 0.25) is 5.91 Å². The molecule has 0 saturated carbocycles. The summed E-state index contributed by atoms with van der Waals surface area (Å²) < 4.78 is 2.19. The second-order valence-electron chi connectivity index (χ2n) is 7.16. The zero-order valence-electron chi connectivity index (χ0n) is 15.6. The highest BCUT2D eigenvalue weighted by atomic mass is 16.1. The third-order valence-corrected chi connectivity index (χ3v) is 4.83. The molecule has 3 aromatic carbocycles. The Balaban J connectivity index is 1.70. The number of carbonyl (C=O) groups excluding carboxylic acids is 1. The molecule has 1 amide bonds. The van der Waals surface area contributed by atoms with Gasteiger partial charge in [0.1, 0.15) is 5.82 Å². The Morgan fingerprint density at radius 1 is 1.00 bits per heavy atom. The molecule has 1 heterocycles. The summed E-state index contributed by atoms with van der Waals surface area (Å²) in [5, 5.41) is 5.46. The summed E-state index contributed by atoms with van der Waals surface area (Å²) in [6.45, 7) is 4.94. The lowest BCUT2D eigenvalue weighted by molar-refractivity contribution is -0.124. The van der Waals surface area contributed by atoms with E-state index in [9.17, 15) is 4.79 Å². The number of hydrogen-bond acceptors (Lipinski definition) is 2. The van der Waals surface area contributed by atoms with Gasteiger partial charge in [-0.2, -0.15) is 0 Å². The summed E-state index contributed by atoms with van der Waals surface area (Å²) in [4.78, 5) is 16.7. The molecule has 0 saturated heterocycles. The summed E-state index contributed by atoms with van der Waals surface area (Å²) in [6, 6.07) is 23.0. The van der Waals surface area contributed by atoms with Crippen molar-refractivity contribution in [3.8, 4) is 0 Å². The quantitative estimate of drug-likeness (QED) is 0.571. The van der Waals surface area contributed by atoms with Crippen LogP contribution in [0.15, 0.2) is 66.7 Å². The van der Waals surface area contributed by atoms with Crippen molar-refractivity contribution in [1.82, 2.24) is 14.9 Å². The maximum atomic E-state index is 12.0. The number of nitrogens with one attached hydrogen (secondary N) is 1. The number of hydrogen-bond donors (Lipinski definition) is 1. The van der Waals surface area contributed by atoms with E-state index in [0.717, 1.165) is 23.4 Å². The molecule has 0 spiro atoms. The molecule has 1 N–H and O–H groups in total. The molecule has 0 radical (unpaired) electrons. The third-order valence-electron chi connectivity index (χ3n) is 4.83. The molecule has 4 heteroatoms. The first kappa shape index (κ1) is 17.3. The van der Waals surface area contributed by atoms with Gasteiger partial charge < -0.3 is 9.88 Å². The average Bonchev–Trinajstić information content (AvgIpc) is 3.03. The Morgan fingerprint density at radius 3 is 2.56 bits per heavy atom. The van der Waals surface area contributed by atoms with Crippen LogP contribution in [0, 0.1) is 5.92 Å². The van der Waals surface area contributed by atoms with Gasteiger partial charge in [-0.1, -0.05) is 62.4 Å². The minimum absolute atomic E-state index is 0.0386. The molecule has 0 aliphatic carbocycles. The number of benzene rings is 3. The topological polar surface area (TPSA) is 46.9 Å². The molecule has 0 aliphatic heterocycles. The van der Waals surface area contributed by atoms with Crippen LogP contribution in [0.4, 0.5) is 0 Å². The molecule has 1 aromatic heterocycles. The number of para-hydroxylation sites is 2. The highest BCUT2D eigenvalue weighted by Crippen LogP contribution is 2.21. The van der Waals surface area contributed by atoms with E-state index in [-0.39, 0.29) is 11.8 Å². The molecule has 0 bridgehead atoms. The third kappa shape index (κ3) is 3.56. The average molecular weight is 357 g/mol. The van der Waals surface area contributed by atoms with E-state index in [0.29, 0.717) is 6.54 Å². The normalized spacial score (nSPS) is 11.4. The van der Waals surface area contributed by atoms with Crippen LogP contribution in [0.1, 0.15) is 25.2 Å². The van der Waals surface area contributed by atoms with Crippen molar-refractivity contribution >= 4 is 27.7 Å². The Morgan fingerprint density at radius 2 is 1.74 bits per heavy atom. The molecule has 0 aliphatic rings. The van der Waals surface area contributed by atoms with E-state index in [4.69, 9.17) is 4.98 Å². The second-order valence-corrected chi connectivity index (χ2v) is 7.16. The van der Waals surface area contributed by atoms with Crippen molar-refractivity contribution < 1.29 is 4.79 Å². The second kappa shape index (κ2) is 7.23. The molecule has 27 heavy (non-hydrogen) atoms. The molecule has 0 unspecified atom stereocenters. The molecule has 0 atom stereocenters. The first-order valence-electron chi connectivity index (χ1n) is 9.31. The van der Waals surface area contributed by atoms with Crippen molar-refractivity contribution in [2.45, 2.75) is 26.9 Å². The van der Waals surface area contributed by atoms with Gasteiger partial charge in [-0.25, -0.2) is 4.98 Å². The Bertz CT molecular complexity index is 1110. The largest absolute Gasteiger partial charge is 0.349 e. The predicted molar refractivity (Wildman–Crippen MR) is 109 cm³/mol. The van der Waals surface area contributed by atoms with E-state index < -0.39 is 0 Å². The van der Waals surface area contributed by atoms with Crippen LogP contribution in [0.2, 0.25) is 0 Å². The lowest BCUT2D eigenvalue weighted by atomic mass is 10.1. The molecule has 4 rings (SSSR count). The van der Waals surface area contributed by atoms with Crippen molar-refractivity contribution in [3.63, 3.8) is 0 Å². The molecule has 136 valence electrons. The number of carbonyl (C=O) groups is 1. The van der Waals surface area contributed by atoms with Crippen LogP contribution in [0.5, 0.6) is 0 Å². The van der Waals surface area contributed by atoms with Crippen molar-refractivity contribution in [2.24, 2.45) is 5.92 Å². The Hall–Kier alpha value is -3.14. The van der Waals surface area contributed by atoms with E-state index in [1.807, 2.05) is 32.0 Å². The number of fused-ring (bicyclic) bond motifs is 2. The van der Waals surface area contributed by atoms with E-state index in [1.165, 1.54) is 16.3 Å². The molecule has 4 aromatic rings. The highest BCUT2D eigenvalue weighted by molar-refractivity contribution is 5.83. The summed E-state index contributed by atoms with van der Waals surface area (Å²) >= 11 is 0. The van der Waals surface area contributed by atoms with Gasteiger partial charge in [0.05, 0.1) is 17.6 Å². The SMILES string of the molecule is CC(C)C(=O)NCc1nc2ccccc2n1Cc1ccc2ccccc2c1. The van der Waals surface area contributed by atoms with Gasteiger partial charge in [-0.15, -0.1) is 0 Å². The number of nitrogens with zero attached hydrogens (tertiary/aromatic N) is 2. The molecular formula is C23H23N3O. The summed E-state index contributed by atoms with van der Waals surface area (Å²) in [5.41, 5.74) is 3.25. The summed E-state index contributed by atoms with van der Waals surface area (Å²) in [6.07, 6.45) is 0. The fourth-order valence-corrected chi connectivity index (χ4v) is 3.33. The number of rotatable bonds is 5. The first-order chi connectivity index (χ1) is 13.1. The number of aromatic nitrogens is 2. The maximum Gasteiger partial charge on any atom is 0.222 e. The van der Waals surface area contributed by atoms with Crippen LogP contribution in [0.3, 0.4) is 0 Å². The van der Waals surface area contributed by atoms with Crippen LogP contribution in [0.25, 0.3) is 21.8 Å². The molecular weight excluding hydrogens is 334 g/mol. The van der Waals surface area contributed by atoms with Gasteiger partial charge >= 0.3 is 0 Å². The lowest BCUT2D eigenvalue weighted by Crippen LogP contribution is -2.28. The standard InChI is InChI=1S/C23H23N3O/c1-16(2)23(27)24-14-22-25-20-9-5-6-10-21(20)26(22)15-17-11-12-18-7-3-4-8-19(18)13-17/h3-13,16H,14-15H2,1-2H3,(H,24,27). The predicted octanol–water partition coefficient (Wildman–Crippen LogP) is 4.51. The van der Waals surface area contributed by atoms with Gasteiger partial charge in [0.25, 0.3) is 0 Å². The van der Waals surface area contributed by atoms with Crippen molar-refractivity contribution in [3.05, 3.63) is 78.1 Å². The van der Waals surface area contributed by atoms with Gasteiger partial charge in [-0.05, 0) is 34.5 Å². The summed E-state index contributed by atoms with van der Waals surface area (Å²) in [7, 11) is 0. The fourth-order valence-electron chi connectivity index (χ4n) is 3.33. The fraction of sp³-hybridized carbons (Fsp3) is 0.217. The van der Waals surface area contributed by atoms with Crippen LogP contribution in [-0.2, 0) is 17.9 Å². The minimum Gasteiger partial charge on any atom is -0.349 e.